The van der Waals surface area contributed by atoms with Gasteiger partial charge in [0.15, 0.2) is 0 Å². The van der Waals surface area contributed by atoms with Crippen molar-refractivity contribution in [3.05, 3.63) is 0 Å². The lowest BCUT2D eigenvalue weighted by molar-refractivity contribution is -0.141. The fraction of sp³-hybridized carbons (Fsp3) is 0.833. The molecule has 0 aromatic rings. The molecule has 1 fully saturated rings. The smallest absolute Gasteiger partial charge is 0.326 e. The van der Waals surface area contributed by atoms with Crippen molar-refractivity contribution in [3.8, 4) is 0 Å². The predicted octanol–water partition coefficient (Wildman–Crippen LogP) is 0.587. The molecule has 1 aliphatic heterocycles. The summed E-state index contributed by atoms with van der Waals surface area (Å²) in [5.41, 5.74) is 0. The van der Waals surface area contributed by atoms with Gasteiger partial charge in [-0.15, -0.1) is 0 Å². The second-order valence-electron chi connectivity index (χ2n) is 4.45. The third-order valence-corrected chi connectivity index (χ3v) is 3.40. The number of hydrogen-bond donors (Lipinski definition) is 2. The first-order chi connectivity index (χ1) is 8.60. The molecule has 6 nitrogen and oxygen atoms in total. The van der Waals surface area contributed by atoms with Crippen molar-refractivity contribution >= 4 is 12.0 Å². The molecule has 0 saturated carbocycles. The molecule has 1 atom stereocenters. The maximum Gasteiger partial charge on any atom is 0.326 e. The Hall–Kier alpha value is -1.30. The van der Waals surface area contributed by atoms with Crippen LogP contribution < -0.4 is 5.32 Å². The number of carboxylic acid groups (broad SMARTS) is 1. The molecule has 1 aliphatic rings. The molecule has 1 rings (SSSR count). The number of likely N-dealkylation sites (tertiary alicyclic amines) is 1. The Balaban J connectivity index is 2.34. The lowest BCUT2D eigenvalue weighted by Gasteiger charge is -2.23. The first-order valence-corrected chi connectivity index (χ1v) is 6.59. The van der Waals surface area contributed by atoms with Gasteiger partial charge in [-0.05, 0) is 25.9 Å². The quantitative estimate of drug-likeness (QED) is 0.730. The van der Waals surface area contributed by atoms with E-state index < -0.39 is 12.0 Å². The minimum atomic E-state index is -0.911. The number of nitrogens with one attached hydrogen (secondary N) is 1. The average molecular weight is 257 g/mol. The van der Waals surface area contributed by atoms with Gasteiger partial charge in [0, 0.05) is 19.6 Å². The predicted molar refractivity (Wildman–Crippen MR) is 68.6 cm³/mol. The van der Waals surface area contributed by atoms with E-state index in [4.69, 9.17) is 5.11 Å². The number of carbonyl (C=O) groups excluding carboxylic acids is 1. The van der Waals surface area contributed by atoms with E-state index in [2.05, 4.69) is 24.1 Å². The van der Waals surface area contributed by atoms with Crippen molar-refractivity contribution in [1.82, 2.24) is 15.1 Å². The summed E-state index contributed by atoms with van der Waals surface area (Å²) in [4.78, 5) is 26.4. The Labute approximate surface area is 108 Å². The zero-order valence-electron chi connectivity index (χ0n) is 11.2. The second-order valence-corrected chi connectivity index (χ2v) is 4.45. The first kappa shape index (κ1) is 14.8. The van der Waals surface area contributed by atoms with E-state index in [0.717, 1.165) is 26.1 Å². The van der Waals surface area contributed by atoms with Gasteiger partial charge in [0.05, 0.1) is 0 Å². The molecule has 6 heteroatoms. The normalized spacial score (nSPS) is 19.3. The van der Waals surface area contributed by atoms with E-state index in [1.165, 1.54) is 4.90 Å². The van der Waals surface area contributed by atoms with E-state index in [1.54, 1.807) is 0 Å². The Morgan fingerprint density at radius 1 is 1.39 bits per heavy atom. The molecule has 0 radical (unpaired) electrons. The molecule has 104 valence electrons. The summed E-state index contributed by atoms with van der Waals surface area (Å²) in [5, 5.41) is 11.8. The van der Waals surface area contributed by atoms with Crippen molar-refractivity contribution in [3.63, 3.8) is 0 Å². The number of rotatable bonds is 6. The van der Waals surface area contributed by atoms with Crippen molar-refractivity contribution in [1.29, 1.82) is 0 Å². The first-order valence-electron chi connectivity index (χ1n) is 6.59. The average Bonchev–Trinajstić information content (AvgIpc) is 2.83. The molecule has 1 heterocycles. The highest BCUT2D eigenvalue weighted by molar-refractivity contribution is 5.83. The van der Waals surface area contributed by atoms with E-state index in [9.17, 15) is 9.59 Å². The molecule has 2 amide bonds. The van der Waals surface area contributed by atoms with Crippen LogP contribution in [0.15, 0.2) is 0 Å². The third-order valence-electron chi connectivity index (χ3n) is 3.40. The number of hydrogen-bond acceptors (Lipinski definition) is 3. The standard InChI is InChI=1S/C12H23N3O3/c1-3-14(4-2)9-7-13-12(18)15-8-5-6-10(15)11(16)17/h10H,3-9H2,1-2H3,(H,13,18)(H,16,17)/t10-/m1/s1. The summed E-state index contributed by atoms with van der Waals surface area (Å²) < 4.78 is 0. The number of carbonyl (C=O) groups is 2. The van der Waals surface area contributed by atoms with Crippen LogP contribution in [0.4, 0.5) is 4.79 Å². The Bertz CT molecular complexity index is 292. The lowest BCUT2D eigenvalue weighted by atomic mass is 10.2. The largest absolute Gasteiger partial charge is 0.480 e. The second kappa shape index (κ2) is 7.20. The van der Waals surface area contributed by atoms with E-state index >= 15 is 0 Å². The van der Waals surface area contributed by atoms with Gasteiger partial charge in [-0.1, -0.05) is 13.8 Å². The summed E-state index contributed by atoms with van der Waals surface area (Å²) in [5.74, 6) is -0.911. The zero-order valence-corrected chi connectivity index (χ0v) is 11.2. The molecule has 0 unspecified atom stereocenters. The molecular weight excluding hydrogens is 234 g/mol. The molecule has 0 bridgehead atoms. The number of nitrogens with zero attached hydrogens (tertiary/aromatic N) is 2. The van der Waals surface area contributed by atoms with Crippen molar-refractivity contribution in [2.24, 2.45) is 0 Å². The maximum atomic E-state index is 11.9. The fourth-order valence-corrected chi connectivity index (χ4v) is 2.23. The monoisotopic (exact) mass is 257 g/mol. The summed E-state index contributed by atoms with van der Waals surface area (Å²) in [7, 11) is 0. The highest BCUT2D eigenvalue weighted by Crippen LogP contribution is 2.17. The molecular formula is C12H23N3O3. The minimum absolute atomic E-state index is 0.257. The summed E-state index contributed by atoms with van der Waals surface area (Å²) in [6.45, 7) is 7.95. The van der Waals surface area contributed by atoms with Crippen LogP contribution in [0.25, 0.3) is 0 Å². The van der Waals surface area contributed by atoms with Gasteiger partial charge in [0.25, 0.3) is 0 Å². The summed E-state index contributed by atoms with van der Waals surface area (Å²) >= 11 is 0. The summed E-state index contributed by atoms with van der Waals surface area (Å²) in [6.07, 6.45) is 1.32. The van der Waals surface area contributed by atoms with Gasteiger partial charge in [-0.3, -0.25) is 0 Å². The Morgan fingerprint density at radius 3 is 2.61 bits per heavy atom. The third kappa shape index (κ3) is 3.87. The molecule has 0 aromatic heterocycles. The van der Waals surface area contributed by atoms with Crippen LogP contribution in [0.5, 0.6) is 0 Å². The Morgan fingerprint density at radius 2 is 2.06 bits per heavy atom. The van der Waals surface area contributed by atoms with Crippen LogP contribution in [-0.2, 0) is 4.79 Å². The topological polar surface area (TPSA) is 72.9 Å². The summed E-state index contributed by atoms with van der Waals surface area (Å²) in [6, 6.07) is -0.912. The van der Waals surface area contributed by atoms with Gasteiger partial charge in [0.2, 0.25) is 0 Å². The van der Waals surface area contributed by atoms with Gasteiger partial charge < -0.3 is 20.2 Å². The zero-order chi connectivity index (χ0) is 13.5. The molecule has 0 aromatic carbocycles. The lowest BCUT2D eigenvalue weighted by Crippen LogP contribution is -2.47. The minimum Gasteiger partial charge on any atom is -0.480 e. The van der Waals surface area contributed by atoms with Gasteiger partial charge in [0.1, 0.15) is 6.04 Å². The molecule has 0 spiro atoms. The molecule has 2 N–H and O–H groups in total. The Kier molecular flexibility index (Phi) is 5.91. The molecule has 1 saturated heterocycles. The van der Waals surface area contributed by atoms with Crippen LogP contribution in [0.2, 0.25) is 0 Å². The van der Waals surface area contributed by atoms with Crippen molar-refractivity contribution < 1.29 is 14.7 Å². The number of aliphatic carboxylic acids is 1. The number of carboxylic acids is 1. The van der Waals surface area contributed by atoms with Crippen LogP contribution in [0.1, 0.15) is 26.7 Å². The van der Waals surface area contributed by atoms with Crippen LogP contribution in [-0.4, -0.2) is 65.7 Å². The number of likely N-dealkylation sites (N-methyl/N-ethyl adjacent to an activating group) is 1. The number of urea groups is 1. The fourth-order valence-electron chi connectivity index (χ4n) is 2.23. The number of amides is 2. The van der Waals surface area contributed by atoms with Gasteiger partial charge in [-0.25, -0.2) is 9.59 Å². The maximum absolute atomic E-state index is 11.9. The van der Waals surface area contributed by atoms with Crippen molar-refractivity contribution in [2.45, 2.75) is 32.7 Å². The highest BCUT2D eigenvalue weighted by atomic mass is 16.4. The SMILES string of the molecule is CCN(CC)CCNC(=O)N1CCC[C@@H]1C(=O)O. The van der Waals surface area contributed by atoms with Crippen LogP contribution in [0.3, 0.4) is 0 Å². The van der Waals surface area contributed by atoms with Gasteiger partial charge >= 0.3 is 12.0 Å². The molecule has 18 heavy (non-hydrogen) atoms. The molecule has 0 aliphatic carbocycles. The van der Waals surface area contributed by atoms with E-state index in [0.29, 0.717) is 19.5 Å². The highest BCUT2D eigenvalue weighted by Gasteiger charge is 2.33. The van der Waals surface area contributed by atoms with E-state index in [1.807, 2.05) is 0 Å². The van der Waals surface area contributed by atoms with Crippen molar-refractivity contribution in [2.75, 3.05) is 32.7 Å². The van der Waals surface area contributed by atoms with Crippen LogP contribution >= 0.6 is 0 Å². The van der Waals surface area contributed by atoms with E-state index in [-0.39, 0.29) is 6.03 Å². The van der Waals surface area contributed by atoms with Crippen LogP contribution in [0, 0.1) is 0 Å². The van der Waals surface area contributed by atoms with Gasteiger partial charge in [-0.2, -0.15) is 0 Å².